The topological polar surface area (TPSA) is 51.0 Å². The van der Waals surface area contributed by atoms with Crippen LogP contribution in [-0.4, -0.2) is 23.2 Å². The lowest BCUT2D eigenvalue weighted by molar-refractivity contribution is 0.372. The Morgan fingerprint density at radius 3 is 2.94 bits per heavy atom. The SMILES string of the molecule is CCNCCc1nc(Cc2ccccc2Cl)no1. The third kappa shape index (κ3) is 3.55. The number of rotatable bonds is 6. The lowest BCUT2D eigenvalue weighted by atomic mass is 10.1. The lowest BCUT2D eigenvalue weighted by Gasteiger charge is -1.99. The van der Waals surface area contributed by atoms with Crippen molar-refractivity contribution in [2.75, 3.05) is 13.1 Å². The molecule has 0 aliphatic rings. The number of hydrogen-bond acceptors (Lipinski definition) is 4. The average Bonchev–Trinajstić information content (AvgIpc) is 2.80. The van der Waals surface area contributed by atoms with Crippen LogP contribution in [0.4, 0.5) is 0 Å². The zero-order valence-electron chi connectivity index (χ0n) is 10.3. The van der Waals surface area contributed by atoms with E-state index in [2.05, 4.69) is 22.4 Å². The summed E-state index contributed by atoms with van der Waals surface area (Å²) >= 11 is 6.09. The van der Waals surface area contributed by atoms with E-state index in [0.717, 1.165) is 30.1 Å². The van der Waals surface area contributed by atoms with E-state index >= 15 is 0 Å². The number of aromatic nitrogens is 2. The maximum Gasteiger partial charge on any atom is 0.227 e. The van der Waals surface area contributed by atoms with E-state index < -0.39 is 0 Å². The molecule has 4 nitrogen and oxygen atoms in total. The second-order valence-electron chi connectivity index (χ2n) is 3.98. The van der Waals surface area contributed by atoms with Crippen LogP contribution in [0.25, 0.3) is 0 Å². The molecule has 0 saturated carbocycles. The van der Waals surface area contributed by atoms with Crippen LogP contribution in [0.3, 0.4) is 0 Å². The first-order chi connectivity index (χ1) is 8.79. The van der Waals surface area contributed by atoms with Gasteiger partial charge in [-0.2, -0.15) is 4.98 Å². The van der Waals surface area contributed by atoms with Gasteiger partial charge in [0.25, 0.3) is 0 Å². The first-order valence-electron chi connectivity index (χ1n) is 6.05. The van der Waals surface area contributed by atoms with Crippen molar-refractivity contribution in [3.05, 3.63) is 46.6 Å². The fourth-order valence-corrected chi connectivity index (χ4v) is 1.85. The fraction of sp³-hybridized carbons (Fsp3) is 0.385. The van der Waals surface area contributed by atoms with Crippen LogP contribution >= 0.6 is 11.6 Å². The summed E-state index contributed by atoms with van der Waals surface area (Å²) < 4.78 is 5.18. The van der Waals surface area contributed by atoms with E-state index in [1.165, 1.54) is 0 Å². The zero-order chi connectivity index (χ0) is 12.8. The van der Waals surface area contributed by atoms with Gasteiger partial charge in [-0.1, -0.05) is 41.9 Å². The molecule has 5 heteroatoms. The van der Waals surface area contributed by atoms with Gasteiger partial charge in [-0.25, -0.2) is 0 Å². The van der Waals surface area contributed by atoms with E-state index in [1.807, 2.05) is 24.3 Å². The summed E-state index contributed by atoms with van der Waals surface area (Å²) in [6, 6.07) is 7.69. The van der Waals surface area contributed by atoms with Gasteiger partial charge in [0, 0.05) is 24.4 Å². The first kappa shape index (κ1) is 13.1. The maximum absolute atomic E-state index is 6.09. The highest BCUT2D eigenvalue weighted by Crippen LogP contribution is 2.17. The molecule has 2 rings (SSSR count). The van der Waals surface area contributed by atoms with Gasteiger partial charge in [-0.05, 0) is 18.2 Å². The second kappa shape index (κ2) is 6.52. The molecule has 0 aliphatic carbocycles. The molecule has 0 saturated heterocycles. The third-order valence-corrected chi connectivity index (χ3v) is 2.95. The molecule has 1 heterocycles. The molecule has 1 N–H and O–H groups in total. The minimum atomic E-state index is 0.602. The summed E-state index contributed by atoms with van der Waals surface area (Å²) in [5.41, 5.74) is 1.01. The number of hydrogen-bond donors (Lipinski definition) is 1. The van der Waals surface area contributed by atoms with Crippen molar-refractivity contribution in [1.82, 2.24) is 15.5 Å². The van der Waals surface area contributed by atoms with E-state index in [9.17, 15) is 0 Å². The van der Waals surface area contributed by atoms with Crippen molar-refractivity contribution in [1.29, 1.82) is 0 Å². The number of halogens is 1. The number of likely N-dealkylation sites (N-methyl/N-ethyl adjacent to an activating group) is 1. The minimum Gasteiger partial charge on any atom is -0.339 e. The molecular weight excluding hydrogens is 250 g/mol. The predicted molar refractivity (Wildman–Crippen MR) is 70.8 cm³/mol. The fourth-order valence-electron chi connectivity index (χ4n) is 1.65. The number of benzene rings is 1. The summed E-state index contributed by atoms with van der Waals surface area (Å²) in [4.78, 5) is 4.34. The molecule has 2 aromatic rings. The highest BCUT2D eigenvalue weighted by molar-refractivity contribution is 6.31. The Morgan fingerprint density at radius 1 is 1.33 bits per heavy atom. The molecule has 0 aliphatic heterocycles. The van der Waals surface area contributed by atoms with Gasteiger partial charge in [0.1, 0.15) is 0 Å². The molecule has 1 aromatic heterocycles. The predicted octanol–water partition coefficient (Wildman–Crippen LogP) is 2.47. The summed E-state index contributed by atoms with van der Waals surface area (Å²) in [7, 11) is 0. The van der Waals surface area contributed by atoms with Crippen LogP contribution < -0.4 is 5.32 Å². The van der Waals surface area contributed by atoms with Crippen molar-refractivity contribution >= 4 is 11.6 Å². The Bertz CT molecular complexity index is 498. The molecule has 0 bridgehead atoms. The normalized spacial score (nSPS) is 10.8. The highest BCUT2D eigenvalue weighted by Gasteiger charge is 2.08. The summed E-state index contributed by atoms with van der Waals surface area (Å²) in [5.74, 6) is 1.34. The summed E-state index contributed by atoms with van der Waals surface area (Å²) in [6.45, 7) is 3.86. The van der Waals surface area contributed by atoms with E-state index in [1.54, 1.807) is 0 Å². The van der Waals surface area contributed by atoms with Crippen LogP contribution in [0.15, 0.2) is 28.8 Å². The van der Waals surface area contributed by atoms with Gasteiger partial charge in [0.2, 0.25) is 5.89 Å². The standard InChI is InChI=1S/C13H16ClN3O/c1-2-15-8-7-13-16-12(17-18-13)9-10-5-3-4-6-11(10)14/h3-6,15H,2,7-9H2,1H3. The molecule has 0 spiro atoms. The second-order valence-corrected chi connectivity index (χ2v) is 4.38. The Balaban J connectivity index is 1.96. The molecule has 0 unspecified atom stereocenters. The monoisotopic (exact) mass is 265 g/mol. The largest absolute Gasteiger partial charge is 0.339 e. The Kier molecular flexibility index (Phi) is 4.73. The van der Waals surface area contributed by atoms with Crippen molar-refractivity contribution in [2.45, 2.75) is 19.8 Å². The Labute approximate surface area is 111 Å². The highest BCUT2D eigenvalue weighted by atomic mass is 35.5. The quantitative estimate of drug-likeness (QED) is 0.816. The molecule has 0 radical (unpaired) electrons. The summed E-state index contributed by atoms with van der Waals surface area (Å²) in [6.07, 6.45) is 1.35. The van der Waals surface area contributed by atoms with E-state index in [-0.39, 0.29) is 0 Å². The molecule has 0 fully saturated rings. The van der Waals surface area contributed by atoms with Crippen LogP contribution in [0, 0.1) is 0 Å². The first-order valence-corrected chi connectivity index (χ1v) is 6.43. The smallest absolute Gasteiger partial charge is 0.227 e. The zero-order valence-corrected chi connectivity index (χ0v) is 11.1. The van der Waals surface area contributed by atoms with Crippen molar-refractivity contribution in [3.63, 3.8) is 0 Å². The van der Waals surface area contributed by atoms with Crippen LogP contribution in [-0.2, 0) is 12.8 Å². The van der Waals surface area contributed by atoms with Gasteiger partial charge in [-0.3, -0.25) is 0 Å². The van der Waals surface area contributed by atoms with Crippen LogP contribution in [0.5, 0.6) is 0 Å². The number of nitrogens with zero attached hydrogens (tertiary/aromatic N) is 2. The van der Waals surface area contributed by atoms with Gasteiger partial charge in [0.15, 0.2) is 5.82 Å². The minimum absolute atomic E-state index is 0.602. The average molecular weight is 266 g/mol. The Hall–Kier alpha value is -1.39. The van der Waals surface area contributed by atoms with E-state index in [0.29, 0.717) is 18.1 Å². The number of nitrogens with one attached hydrogen (secondary N) is 1. The van der Waals surface area contributed by atoms with Crippen molar-refractivity contribution in [3.8, 4) is 0 Å². The Morgan fingerprint density at radius 2 is 2.17 bits per heavy atom. The van der Waals surface area contributed by atoms with E-state index in [4.69, 9.17) is 16.1 Å². The van der Waals surface area contributed by atoms with Gasteiger partial charge in [0.05, 0.1) is 0 Å². The molecule has 0 atom stereocenters. The van der Waals surface area contributed by atoms with Crippen LogP contribution in [0.2, 0.25) is 5.02 Å². The molecular formula is C13H16ClN3O. The van der Waals surface area contributed by atoms with Gasteiger partial charge < -0.3 is 9.84 Å². The van der Waals surface area contributed by atoms with Crippen LogP contribution in [0.1, 0.15) is 24.2 Å². The maximum atomic E-state index is 6.09. The third-order valence-electron chi connectivity index (χ3n) is 2.58. The molecule has 1 aromatic carbocycles. The lowest BCUT2D eigenvalue weighted by Crippen LogP contribution is -2.16. The molecule has 18 heavy (non-hydrogen) atoms. The van der Waals surface area contributed by atoms with Crippen molar-refractivity contribution < 1.29 is 4.52 Å². The summed E-state index contributed by atoms with van der Waals surface area (Å²) in [5, 5.41) is 7.91. The van der Waals surface area contributed by atoms with Gasteiger partial charge >= 0.3 is 0 Å². The molecule has 96 valence electrons. The molecule has 0 amide bonds. The van der Waals surface area contributed by atoms with Gasteiger partial charge in [-0.15, -0.1) is 0 Å². The van der Waals surface area contributed by atoms with Crippen molar-refractivity contribution in [2.24, 2.45) is 0 Å².